The summed E-state index contributed by atoms with van der Waals surface area (Å²) in [7, 11) is 0. The van der Waals surface area contributed by atoms with Crippen molar-refractivity contribution in [2.45, 2.75) is 19.9 Å². The maximum atomic E-state index is 13.2. The number of pyridine rings is 1. The first-order valence-electron chi connectivity index (χ1n) is 3.70. The second kappa shape index (κ2) is 3.74. The number of aromatic nitrogens is 1. The maximum absolute atomic E-state index is 13.2. The van der Waals surface area contributed by atoms with Crippen molar-refractivity contribution in [1.29, 1.82) is 0 Å². The molecule has 0 unspecified atom stereocenters. The molecule has 1 heterocycles. The van der Waals surface area contributed by atoms with E-state index in [9.17, 15) is 13.2 Å². The van der Waals surface area contributed by atoms with Gasteiger partial charge in [-0.05, 0) is 12.5 Å². The highest BCUT2D eigenvalue weighted by atomic mass is 19.3. The first kappa shape index (κ1) is 9.98. The van der Waals surface area contributed by atoms with Crippen molar-refractivity contribution in [3.05, 3.63) is 28.8 Å². The number of halogens is 3. The van der Waals surface area contributed by atoms with Crippen LogP contribution in [0.4, 0.5) is 13.2 Å². The third-order valence-electron chi connectivity index (χ3n) is 1.77. The Morgan fingerprint density at radius 2 is 2.15 bits per heavy atom. The molecule has 0 saturated carbocycles. The van der Waals surface area contributed by atoms with Gasteiger partial charge in [-0.3, -0.25) is 4.98 Å². The highest BCUT2D eigenvalue weighted by Crippen LogP contribution is 2.23. The van der Waals surface area contributed by atoms with Crippen molar-refractivity contribution in [2.75, 3.05) is 0 Å². The Morgan fingerprint density at radius 1 is 1.54 bits per heavy atom. The normalized spacial score (nSPS) is 10.9. The third-order valence-corrected chi connectivity index (χ3v) is 1.77. The summed E-state index contributed by atoms with van der Waals surface area (Å²) < 4.78 is 37.4. The third kappa shape index (κ3) is 1.80. The quantitative estimate of drug-likeness (QED) is 0.773. The number of nitrogens with zero attached hydrogens (tertiary/aromatic N) is 1. The van der Waals surface area contributed by atoms with Crippen LogP contribution in [0.2, 0.25) is 0 Å². The molecule has 1 aromatic rings. The first-order valence-corrected chi connectivity index (χ1v) is 3.70. The molecule has 13 heavy (non-hydrogen) atoms. The molecule has 0 spiro atoms. The second-order valence-electron chi connectivity index (χ2n) is 2.62. The van der Waals surface area contributed by atoms with Crippen LogP contribution in [0, 0.1) is 12.7 Å². The van der Waals surface area contributed by atoms with Crippen LogP contribution in [-0.2, 0) is 6.54 Å². The van der Waals surface area contributed by atoms with Gasteiger partial charge in [0.25, 0.3) is 6.43 Å². The van der Waals surface area contributed by atoms with Crippen molar-refractivity contribution in [1.82, 2.24) is 4.98 Å². The zero-order valence-electron chi connectivity index (χ0n) is 7.02. The minimum absolute atomic E-state index is 0.0973. The smallest absolute Gasteiger partial charge is 0.283 e. The van der Waals surface area contributed by atoms with E-state index in [1.54, 1.807) is 6.92 Å². The summed E-state index contributed by atoms with van der Waals surface area (Å²) in [4.78, 5) is 3.31. The monoisotopic (exact) mass is 190 g/mol. The summed E-state index contributed by atoms with van der Waals surface area (Å²) in [5, 5.41) is 0. The van der Waals surface area contributed by atoms with E-state index in [0.717, 1.165) is 0 Å². The van der Waals surface area contributed by atoms with Gasteiger partial charge in [-0.15, -0.1) is 0 Å². The number of alkyl halides is 2. The molecule has 2 N–H and O–H groups in total. The second-order valence-corrected chi connectivity index (χ2v) is 2.62. The predicted octanol–water partition coefficient (Wildman–Crippen LogP) is 1.93. The van der Waals surface area contributed by atoms with Crippen LogP contribution >= 0.6 is 0 Å². The van der Waals surface area contributed by atoms with Crippen molar-refractivity contribution >= 4 is 0 Å². The van der Waals surface area contributed by atoms with Gasteiger partial charge in [-0.2, -0.15) is 0 Å². The lowest BCUT2D eigenvalue weighted by Crippen LogP contribution is -2.07. The molecular weight excluding hydrogens is 181 g/mol. The molecular formula is C8H9F3N2. The van der Waals surface area contributed by atoms with E-state index in [1.807, 2.05) is 0 Å². The fourth-order valence-corrected chi connectivity index (χ4v) is 1.03. The highest BCUT2D eigenvalue weighted by molar-refractivity contribution is 5.27. The maximum Gasteiger partial charge on any atom is 0.283 e. The number of hydrogen-bond donors (Lipinski definition) is 1. The van der Waals surface area contributed by atoms with E-state index in [2.05, 4.69) is 4.98 Å². The summed E-state index contributed by atoms with van der Waals surface area (Å²) in [6, 6.07) is 0. The summed E-state index contributed by atoms with van der Waals surface area (Å²) in [6.07, 6.45) is -1.70. The molecule has 0 amide bonds. The Hall–Kier alpha value is -1.10. The summed E-state index contributed by atoms with van der Waals surface area (Å²) in [6.45, 7) is 1.48. The lowest BCUT2D eigenvalue weighted by Gasteiger charge is -2.07. The van der Waals surface area contributed by atoms with Crippen LogP contribution in [0.1, 0.15) is 23.2 Å². The van der Waals surface area contributed by atoms with Gasteiger partial charge in [0.05, 0.1) is 0 Å². The number of rotatable bonds is 2. The van der Waals surface area contributed by atoms with E-state index < -0.39 is 17.9 Å². The van der Waals surface area contributed by atoms with Gasteiger partial charge < -0.3 is 5.73 Å². The molecule has 0 bridgehead atoms. The van der Waals surface area contributed by atoms with Gasteiger partial charge in [0, 0.05) is 18.3 Å². The van der Waals surface area contributed by atoms with Crippen LogP contribution in [0.5, 0.6) is 0 Å². The summed E-state index contributed by atoms with van der Waals surface area (Å²) >= 11 is 0. The number of hydrogen-bond acceptors (Lipinski definition) is 2. The fraction of sp³-hybridized carbons (Fsp3) is 0.375. The average molecular weight is 190 g/mol. The molecule has 0 radical (unpaired) electrons. The molecule has 0 atom stereocenters. The van der Waals surface area contributed by atoms with Gasteiger partial charge in [0.15, 0.2) is 5.82 Å². The molecule has 0 aliphatic rings. The topological polar surface area (TPSA) is 38.9 Å². The lowest BCUT2D eigenvalue weighted by atomic mass is 10.1. The van der Waals surface area contributed by atoms with Crippen LogP contribution in [0.15, 0.2) is 6.20 Å². The highest BCUT2D eigenvalue weighted by Gasteiger charge is 2.18. The molecule has 0 aliphatic carbocycles. The molecule has 1 aromatic heterocycles. The van der Waals surface area contributed by atoms with Gasteiger partial charge in [-0.25, -0.2) is 13.2 Å². The Balaban J connectivity index is 3.27. The zero-order chi connectivity index (χ0) is 10.0. The minimum Gasteiger partial charge on any atom is -0.326 e. The Morgan fingerprint density at radius 3 is 2.62 bits per heavy atom. The average Bonchev–Trinajstić information content (AvgIpc) is 2.04. The van der Waals surface area contributed by atoms with E-state index >= 15 is 0 Å². The Labute approximate surface area is 73.6 Å². The van der Waals surface area contributed by atoms with E-state index in [1.165, 1.54) is 6.20 Å². The van der Waals surface area contributed by atoms with Crippen LogP contribution in [-0.4, -0.2) is 4.98 Å². The van der Waals surface area contributed by atoms with Crippen molar-refractivity contribution < 1.29 is 13.2 Å². The Bertz CT molecular complexity index is 313. The van der Waals surface area contributed by atoms with E-state index in [4.69, 9.17) is 5.73 Å². The van der Waals surface area contributed by atoms with Crippen LogP contribution < -0.4 is 5.73 Å². The zero-order valence-corrected chi connectivity index (χ0v) is 7.02. The Kier molecular flexibility index (Phi) is 2.87. The molecule has 0 aromatic carbocycles. The lowest BCUT2D eigenvalue weighted by molar-refractivity contribution is 0.140. The van der Waals surface area contributed by atoms with Crippen molar-refractivity contribution in [3.8, 4) is 0 Å². The van der Waals surface area contributed by atoms with Gasteiger partial charge in [0.1, 0.15) is 5.69 Å². The SMILES string of the molecule is Cc1cnc(C(F)F)c(F)c1CN. The van der Waals surface area contributed by atoms with E-state index in [-0.39, 0.29) is 12.1 Å². The standard InChI is InChI=1S/C8H9F3N2/c1-4-3-13-7(8(10)11)6(9)5(4)2-12/h3,8H,2,12H2,1H3. The van der Waals surface area contributed by atoms with E-state index in [0.29, 0.717) is 5.56 Å². The summed E-state index contributed by atoms with van der Waals surface area (Å²) in [5.41, 5.74) is 4.97. The molecule has 72 valence electrons. The van der Waals surface area contributed by atoms with Gasteiger partial charge in [0.2, 0.25) is 0 Å². The predicted molar refractivity (Wildman–Crippen MR) is 41.8 cm³/mol. The molecule has 0 fully saturated rings. The fourth-order valence-electron chi connectivity index (χ4n) is 1.03. The first-order chi connectivity index (χ1) is 6.07. The van der Waals surface area contributed by atoms with Crippen LogP contribution in [0.3, 0.4) is 0 Å². The van der Waals surface area contributed by atoms with Crippen LogP contribution in [0.25, 0.3) is 0 Å². The number of aryl methyl sites for hydroxylation is 1. The minimum atomic E-state index is -2.90. The largest absolute Gasteiger partial charge is 0.326 e. The van der Waals surface area contributed by atoms with Crippen molar-refractivity contribution in [2.24, 2.45) is 5.73 Å². The van der Waals surface area contributed by atoms with Gasteiger partial charge >= 0.3 is 0 Å². The van der Waals surface area contributed by atoms with Gasteiger partial charge in [-0.1, -0.05) is 0 Å². The number of nitrogens with two attached hydrogens (primary N) is 1. The summed E-state index contributed by atoms with van der Waals surface area (Å²) in [5.74, 6) is -0.988. The molecule has 1 rings (SSSR count). The van der Waals surface area contributed by atoms with Crippen molar-refractivity contribution in [3.63, 3.8) is 0 Å². The molecule has 0 saturated heterocycles. The molecule has 5 heteroatoms. The molecule has 2 nitrogen and oxygen atoms in total. The molecule has 0 aliphatic heterocycles.